The Morgan fingerprint density at radius 3 is 2.67 bits per heavy atom. The summed E-state index contributed by atoms with van der Waals surface area (Å²) in [5.41, 5.74) is 1.91. The molecular formula is C14H11ClN2O. The van der Waals surface area contributed by atoms with Crippen LogP contribution in [-0.4, -0.2) is 16.3 Å². The summed E-state index contributed by atoms with van der Waals surface area (Å²) in [6, 6.07) is 7.39. The molecule has 3 nitrogen and oxygen atoms in total. The van der Waals surface area contributed by atoms with Gasteiger partial charge in [-0.15, -0.1) is 0 Å². The van der Waals surface area contributed by atoms with E-state index in [0.717, 1.165) is 30.5 Å². The third-order valence-corrected chi connectivity index (χ3v) is 3.38. The van der Waals surface area contributed by atoms with Gasteiger partial charge in [0, 0.05) is 28.3 Å². The van der Waals surface area contributed by atoms with Gasteiger partial charge in [0.15, 0.2) is 6.29 Å². The summed E-state index contributed by atoms with van der Waals surface area (Å²) in [5, 5.41) is 0.600. The van der Waals surface area contributed by atoms with Crippen LogP contribution in [0.5, 0.6) is 0 Å². The van der Waals surface area contributed by atoms with Crippen LogP contribution < -0.4 is 0 Å². The maximum absolute atomic E-state index is 11.2. The number of nitrogens with zero attached hydrogens (tertiary/aromatic N) is 2. The van der Waals surface area contributed by atoms with Gasteiger partial charge < -0.3 is 0 Å². The SMILES string of the molecule is O=Cc1nc(C2CC2)ncc1-c1ccccc1Cl. The van der Waals surface area contributed by atoms with E-state index in [1.807, 2.05) is 18.2 Å². The van der Waals surface area contributed by atoms with Gasteiger partial charge in [-0.3, -0.25) is 4.79 Å². The Morgan fingerprint density at radius 1 is 1.22 bits per heavy atom. The first-order valence-electron chi connectivity index (χ1n) is 5.86. The summed E-state index contributed by atoms with van der Waals surface area (Å²) in [5.74, 6) is 1.21. The van der Waals surface area contributed by atoms with Gasteiger partial charge in [0.2, 0.25) is 0 Å². The van der Waals surface area contributed by atoms with Crippen molar-refractivity contribution in [3.05, 3.63) is 47.0 Å². The molecule has 4 heteroatoms. The molecule has 1 saturated carbocycles. The fourth-order valence-electron chi connectivity index (χ4n) is 1.92. The van der Waals surface area contributed by atoms with Gasteiger partial charge >= 0.3 is 0 Å². The smallest absolute Gasteiger partial charge is 0.169 e. The van der Waals surface area contributed by atoms with Crippen LogP contribution >= 0.6 is 11.6 Å². The molecule has 0 radical (unpaired) electrons. The number of carbonyl (C=O) groups is 1. The molecule has 0 bridgehead atoms. The molecule has 0 amide bonds. The van der Waals surface area contributed by atoms with E-state index in [4.69, 9.17) is 11.6 Å². The fraction of sp³-hybridized carbons (Fsp3) is 0.214. The summed E-state index contributed by atoms with van der Waals surface area (Å²) in [6.07, 6.45) is 4.70. The molecule has 0 unspecified atom stereocenters. The Labute approximate surface area is 110 Å². The third kappa shape index (κ3) is 2.02. The van der Waals surface area contributed by atoms with Gasteiger partial charge in [-0.1, -0.05) is 29.8 Å². The molecule has 1 aliphatic carbocycles. The average Bonchev–Trinajstić information content (AvgIpc) is 3.23. The van der Waals surface area contributed by atoms with Crippen molar-refractivity contribution in [2.75, 3.05) is 0 Å². The van der Waals surface area contributed by atoms with Crippen molar-refractivity contribution in [2.45, 2.75) is 18.8 Å². The van der Waals surface area contributed by atoms with Gasteiger partial charge in [0.05, 0.1) is 0 Å². The van der Waals surface area contributed by atoms with Gasteiger partial charge in [0.1, 0.15) is 11.5 Å². The number of benzene rings is 1. The normalized spacial score (nSPS) is 14.5. The minimum absolute atomic E-state index is 0.417. The second-order valence-electron chi connectivity index (χ2n) is 4.40. The molecule has 2 aromatic rings. The van der Waals surface area contributed by atoms with Crippen molar-refractivity contribution in [3.63, 3.8) is 0 Å². The highest BCUT2D eigenvalue weighted by atomic mass is 35.5. The van der Waals surface area contributed by atoms with E-state index in [0.29, 0.717) is 22.2 Å². The van der Waals surface area contributed by atoms with Crippen LogP contribution in [0.1, 0.15) is 35.1 Å². The van der Waals surface area contributed by atoms with E-state index >= 15 is 0 Å². The Morgan fingerprint density at radius 2 is 2.00 bits per heavy atom. The molecule has 3 rings (SSSR count). The Balaban J connectivity index is 2.11. The third-order valence-electron chi connectivity index (χ3n) is 3.06. The quantitative estimate of drug-likeness (QED) is 0.792. The molecule has 1 aliphatic rings. The van der Waals surface area contributed by atoms with Crippen molar-refractivity contribution in [2.24, 2.45) is 0 Å². The van der Waals surface area contributed by atoms with Crippen LogP contribution in [0.3, 0.4) is 0 Å². The molecule has 0 saturated heterocycles. The lowest BCUT2D eigenvalue weighted by molar-refractivity contribution is 0.111. The number of hydrogen-bond acceptors (Lipinski definition) is 3. The molecule has 1 heterocycles. The standard InChI is InChI=1S/C14H11ClN2O/c15-12-4-2-1-3-10(12)11-7-16-14(9-5-6-9)17-13(11)8-18/h1-4,7-9H,5-6H2. The van der Waals surface area contributed by atoms with Crippen molar-refractivity contribution < 1.29 is 4.79 Å². The van der Waals surface area contributed by atoms with Crippen molar-refractivity contribution in [1.82, 2.24) is 9.97 Å². The monoisotopic (exact) mass is 258 g/mol. The van der Waals surface area contributed by atoms with Crippen LogP contribution in [0.4, 0.5) is 0 Å². The summed E-state index contributed by atoms with van der Waals surface area (Å²) in [6.45, 7) is 0. The molecule has 0 aliphatic heterocycles. The highest BCUT2D eigenvalue weighted by Gasteiger charge is 2.27. The van der Waals surface area contributed by atoms with E-state index in [1.165, 1.54) is 0 Å². The van der Waals surface area contributed by atoms with Crippen LogP contribution in [0.25, 0.3) is 11.1 Å². The Kier molecular flexibility index (Phi) is 2.84. The van der Waals surface area contributed by atoms with Crippen molar-refractivity contribution in [3.8, 4) is 11.1 Å². The first-order valence-corrected chi connectivity index (χ1v) is 6.24. The zero-order valence-corrected chi connectivity index (χ0v) is 10.4. The second-order valence-corrected chi connectivity index (χ2v) is 4.81. The van der Waals surface area contributed by atoms with Gasteiger partial charge in [-0.25, -0.2) is 9.97 Å². The summed E-state index contributed by atoms with van der Waals surface area (Å²) in [7, 11) is 0. The molecule has 90 valence electrons. The topological polar surface area (TPSA) is 42.9 Å². The fourth-order valence-corrected chi connectivity index (χ4v) is 2.16. The lowest BCUT2D eigenvalue weighted by Gasteiger charge is -2.07. The predicted molar refractivity (Wildman–Crippen MR) is 69.8 cm³/mol. The minimum atomic E-state index is 0.417. The summed E-state index contributed by atoms with van der Waals surface area (Å²) in [4.78, 5) is 19.8. The lowest BCUT2D eigenvalue weighted by atomic mass is 10.1. The summed E-state index contributed by atoms with van der Waals surface area (Å²) >= 11 is 6.13. The zero-order chi connectivity index (χ0) is 12.5. The molecule has 0 atom stereocenters. The number of rotatable bonds is 3. The lowest BCUT2D eigenvalue weighted by Crippen LogP contribution is -2.00. The number of hydrogen-bond donors (Lipinski definition) is 0. The van der Waals surface area contributed by atoms with Crippen LogP contribution in [0.15, 0.2) is 30.5 Å². The van der Waals surface area contributed by atoms with Gasteiger partial charge in [-0.2, -0.15) is 0 Å². The average molecular weight is 259 g/mol. The molecule has 18 heavy (non-hydrogen) atoms. The summed E-state index contributed by atoms with van der Waals surface area (Å²) < 4.78 is 0. The van der Waals surface area contributed by atoms with Crippen LogP contribution in [-0.2, 0) is 0 Å². The maximum Gasteiger partial charge on any atom is 0.169 e. The largest absolute Gasteiger partial charge is 0.296 e. The Hall–Kier alpha value is -1.74. The zero-order valence-electron chi connectivity index (χ0n) is 9.64. The van der Waals surface area contributed by atoms with E-state index in [-0.39, 0.29) is 0 Å². The molecule has 0 N–H and O–H groups in total. The Bertz CT molecular complexity index is 608. The highest BCUT2D eigenvalue weighted by Crippen LogP contribution is 2.38. The molecule has 0 spiro atoms. The highest BCUT2D eigenvalue weighted by molar-refractivity contribution is 6.33. The van der Waals surface area contributed by atoms with Gasteiger partial charge in [-0.05, 0) is 18.9 Å². The van der Waals surface area contributed by atoms with E-state index < -0.39 is 0 Å². The van der Waals surface area contributed by atoms with Crippen LogP contribution in [0, 0.1) is 0 Å². The second kappa shape index (κ2) is 4.50. The number of halogens is 1. The molecule has 1 aromatic heterocycles. The van der Waals surface area contributed by atoms with E-state index in [1.54, 1.807) is 12.3 Å². The van der Waals surface area contributed by atoms with E-state index in [2.05, 4.69) is 9.97 Å². The molecule has 1 fully saturated rings. The van der Waals surface area contributed by atoms with Crippen molar-refractivity contribution >= 4 is 17.9 Å². The predicted octanol–water partition coefficient (Wildman–Crippen LogP) is 3.49. The first-order chi connectivity index (χ1) is 8.79. The van der Waals surface area contributed by atoms with Gasteiger partial charge in [0.25, 0.3) is 0 Å². The van der Waals surface area contributed by atoms with E-state index in [9.17, 15) is 4.79 Å². The van der Waals surface area contributed by atoms with Crippen molar-refractivity contribution in [1.29, 1.82) is 0 Å². The first kappa shape index (κ1) is 11.4. The minimum Gasteiger partial charge on any atom is -0.296 e. The molecule has 1 aromatic carbocycles. The number of carbonyl (C=O) groups excluding carboxylic acids is 1. The molecular weight excluding hydrogens is 248 g/mol. The maximum atomic E-state index is 11.2. The number of aromatic nitrogens is 2. The number of aldehydes is 1. The van der Waals surface area contributed by atoms with Crippen LogP contribution in [0.2, 0.25) is 5.02 Å².